The van der Waals surface area contributed by atoms with E-state index >= 15 is 0 Å². The van der Waals surface area contributed by atoms with E-state index in [2.05, 4.69) is 17.4 Å². The Kier molecular flexibility index (Phi) is 1.14. The molecule has 3 N–H and O–H groups in total. The summed E-state index contributed by atoms with van der Waals surface area (Å²) in [6.07, 6.45) is 1.08. The number of hydrogen-bond donors (Lipinski definition) is 2. The van der Waals surface area contributed by atoms with E-state index in [1.54, 1.807) is 0 Å². The number of benzene rings is 1. The first kappa shape index (κ1) is 5.74. The maximum Gasteiger partial charge on any atom is 0.0784 e. The van der Waals surface area contributed by atoms with Crippen molar-refractivity contribution in [1.29, 1.82) is 0 Å². The fourth-order valence-electron chi connectivity index (χ4n) is 1.33. The lowest BCUT2D eigenvalue weighted by molar-refractivity contribution is 0.797. The van der Waals surface area contributed by atoms with Gasteiger partial charge in [-0.2, -0.15) is 0 Å². The Morgan fingerprint density at radius 2 is 2.20 bits per heavy atom. The molecule has 2 nitrogen and oxygen atoms in total. The van der Waals surface area contributed by atoms with Crippen LogP contribution in [0, 0.1) is 0 Å². The van der Waals surface area contributed by atoms with E-state index in [1.165, 1.54) is 11.3 Å². The summed E-state index contributed by atoms with van der Waals surface area (Å²) >= 11 is 0. The predicted octanol–water partition coefficient (Wildman–Crippen LogP) is 0.939. The van der Waals surface area contributed by atoms with Crippen LogP contribution in [-0.2, 0) is 6.42 Å². The van der Waals surface area contributed by atoms with Crippen molar-refractivity contribution in [2.75, 3.05) is 5.32 Å². The third-order valence-corrected chi connectivity index (χ3v) is 1.80. The molecule has 0 amide bonds. The summed E-state index contributed by atoms with van der Waals surface area (Å²) in [5, 5.41) is 3.18. The molecule has 1 heterocycles. The van der Waals surface area contributed by atoms with Crippen molar-refractivity contribution < 1.29 is 0 Å². The molecule has 0 saturated heterocycles. The molecule has 1 aliphatic heterocycles. The quantitative estimate of drug-likeness (QED) is 0.554. The second kappa shape index (κ2) is 1.99. The van der Waals surface area contributed by atoms with Gasteiger partial charge in [-0.1, -0.05) is 18.2 Å². The lowest BCUT2D eigenvalue weighted by atomic mass is 10.2. The van der Waals surface area contributed by atoms with Gasteiger partial charge in [0.25, 0.3) is 0 Å². The van der Waals surface area contributed by atoms with E-state index in [0.717, 1.165) is 6.42 Å². The molecule has 2 heteroatoms. The van der Waals surface area contributed by atoms with E-state index in [9.17, 15) is 0 Å². The summed E-state index contributed by atoms with van der Waals surface area (Å²) in [4.78, 5) is 0. The minimum Gasteiger partial charge on any atom is -0.370 e. The summed E-state index contributed by atoms with van der Waals surface area (Å²) in [6.45, 7) is 0. The van der Waals surface area contributed by atoms with Crippen molar-refractivity contribution in [3.63, 3.8) is 0 Å². The number of para-hydroxylation sites is 1. The zero-order valence-electron chi connectivity index (χ0n) is 5.67. The van der Waals surface area contributed by atoms with Gasteiger partial charge in [0.15, 0.2) is 0 Å². The fraction of sp³-hybridized carbons (Fsp3) is 0.250. The van der Waals surface area contributed by atoms with Gasteiger partial charge in [-0.3, -0.25) is 0 Å². The molecule has 1 aromatic carbocycles. The Hall–Kier alpha value is -1.02. The van der Waals surface area contributed by atoms with Crippen LogP contribution >= 0.6 is 0 Å². The average Bonchev–Trinajstić information content (AvgIpc) is 2.27. The number of fused-ring (bicyclic) bond motifs is 1. The van der Waals surface area contributed by atoms with E-state index < -0.39 is 0 Å². The SMILES string of the molecule is N[C@H]1Cc2ccccc2N1. The summed E-state index contributed by atoms with van der Waals surface area (Å²) < 4.78 is 0. The zero-order chi connectivity index (χ0) is 6.97. The molecule has 1 aliphatic rings. The molecule has 0 saturated carbocycles. The minimum absolute atomic E-state index is 0.123. The molecular formula is C8H10N2. The highest BCUT2D eigenvalue weighted by atomic mass is 15.0. The molecule has 1 atom stereocenters. The van der Waals surface area contributed by atoms with Gasteiger partial charge in [-0.15, -0.1) is 0 Å². The van der Waals surface area contributed by atoms with E-state index in [1.807, 2.05) is 12.1 Å². The van der Waals surface area contributed by atoms with Crippen molar-refractivity contribution in [1.82, 2.24) is 0 Å². The molecule has 2 rings (SSSR count). The van der Waals surface area contributed by atoms with Crippen molar-refractivity contribution in [3.8, 4) is 0 Å². The van der Waals surface area contributed by atoms with Crippen molar-refractivity contribution in [2.24, 2.45) is 5.73 Å². The van der Waals surface area contributed by atoms with Crippen molar-refractivity contribution in [3.05, 3.63) is 29.8 Å². The Balaban J connectivity index is 2.42. The second-order valence-corrected chi connectivity index (χ2v) is 2.61. The van der Waals surface area contributed by atoms with Gasteiger partial charge in [0.05, 0.1) is 6.17 Å². The number of nitrogens with two attached hydrogens (primary N) is 1. The highest BCUT2D eigenvalue weighted by Crippen LogP contribution is 2.22. The van der Waals surface area contributed by atoms with Crippen LogP contribution < -0.4 is 11.1 Å². The minimum atomic E-state index is 0.123. The summed E-state index contributed by atoms with van der Waals surface area (Å²) in [6, 6.07) is 8.22. The van der Waals surface area contributed by atoms with Crippen LogP contribution in [0.2, 0.25) is 0 Å². The van der Waals surface area contributed by atoms with Crippen LogP contribution in [-0.4, -0.2) is 6.17 Å². The Bertz CT molecular complexity index is 220. The standard InChI is InChI=1S/C8H10N2/c9-8-5-6-3-1-2-4-7(6)10-8/h1-4,8,10H,5,9H2/t8-/m1/s1. The maximum atomic E-state index is 5.67. The Labute approximate surface area is 60.0 Å². The van der Waals surface area contributed by atoms with Crippen molar-refractivity contribution >= 4 is 5.69 Å². The Morgan fingerprint density at radius 3 is 3.00 bits per heavy atom. The molecular weight excluding hydrogens is 124 g/mol. The first-order valence-corrected chi connectivity index (χ1v) is 3.46. The first-order chi connectivity index (χ1) is 4.86. The molecule has 0 fully saturated rings. The third-order valence-electron chi connectivity index (χ3n) is 1.80. The predicted molar refractivity (Wildman–Crippen MR) is 41.7 cm³/mol. The van der Waals surface area contributed by atoms with Gasteiger partial charge >= 0.3 is 0 Å². The normalized spacial score (nSPS) is 21.9. The van der Waals surface area contributed by atoms with Gasteiger partial charge < -0.3 is 11.1 Å². The molecule has 0 bridgehead atoms. The fourth-order valence-corrected chi connectivity index (χ4v) is 1.33. The molecule has 10 heavy (non-hydrogen) atoms. The summed E-state index contributed by atoms with van der Waals surface area (Å²) in [7, 11) is 0. The number of nitrogens with one attached hydrogen (secondary N) is 1. The lowest BCUT2D eigenvalue weighted by Crippen LogP contribution is -2.25. The van der Waals surface area contributed by atoms with E-state index in [0.29, 0.717) is 0 Å². The number of anilines is 1. The molecule has 0 unspecified atom stereocenters. The second-order valence-electron chi connectivity index (χ2n) is 2.61. The van der Waals surface area contributed by atoms with Gasteiger partial charge in [0.1, 0.15) is 0 Å². The molecule has 0 aliphatic carbocycles. The van der Waals surface area contributed by atoms with Crippen molar-refractivity contribution in [2.45, 2.75) is 12.6 Å². The van der Waals surface area contributed by atoms with Gasteiger partial charge in [-0.05, 0) is 11.6 Å². The van der Waals surface area contributed by atoms with Crippen LogP contribution in [0.15, 0.2) is 24.3 Å². The first-order valence-electron chi connectivity index (χ1n) is 3.46. The highest BCUT2D eigenvalue weighted by Gasteiger charge is 2.14. The third kappa shape index (κ3) is 0.772. The largest absolute Gasteiger partial charge is 0.370 e. The summed E-state index contributed by atoms with van der Waals surface area (Å²) in [5.41, 5.74) is 8.19. The van der Waals surface area contributed by atoms with Crippen LogP contribution in [0.5, 0.6) is 0 Å². The molecule has 0 aromatic heterocycles. The zero-order valence-corrected chi connectivity index (χ0v) is 5.67. The smallest absolute Gasteiger partial charge is 0.0784 e. The highest BCUT2D eigenvalue weighted by molar-refractivity contribution is 5.56. The molecule has 0 radical (unpaired) electrons. The topological polar surface area (TPSA) is 38.0 Å². The van der Waals surface area contributed by atoms with Gasteiger partial charge in [0, 0.05) is 12.1 Å². The van der Waals surface area contributed by atoms with Gasteiger partial charge in [0.2, 0.25) is 0 Å². The van der Waals surface area contributed by atoms with E-state index in [4.69, 9.17) is 5.73 Å². The lowest BCUT2D eigenvalue weighted by Gasteiger charge is -2.00. The Morgan fingerprint density at radius 1 is 1.40 bits per heavy atom. The number of rotatable bonds is 0. The summed E-state index contributed by atoms with van der Waals surface area (Å²) in [5.74, 6) is 0. The molecule has 0 spiro atoms. The average molecular weight is 134 g/mol. The van der Waals surface area contributed by atoms with Crippen LogP contribution in [0.1, 0.15) is 5.56 Å². The van der Waals surface area contributed by atoms with Crippen LogP contribution in [0.3, 0.4) is 0 Å². The van der Waals surface area contributed by atoms with Crippen LogP contribution in [0.4, 0.5) is 5.69 Å². The monoisotopic (exact) mass is 134 g/mol. The van der Waals surface area contributed by atoms with Crippen LogP contribution in [0.25, 0.3) is 0 Å². The van der Waals surface area contributed by atoms with Gasteiger partial charge in [-0.25, -0.2) is 0 Å². The molecule has 52 valence electrons. The maximum absolute atomic E-state index is 5.67. The van der Waals surface area contributed by atoms with E-state index in [-0.39, 0.29) is 6.17 Å². The number of hydrogen-bond acceptors (Lipinski definition) is 2. The molecule has 1 aromatic rings.